The van der Waals surface area contributed by atoms with Crippen molar-refractivity contribution >= 4 is 17.4 Å². The molecule has 0 unspecified atom stereocenters. The number of urea groups is 1. The molecule has 2 atom stereocenters. The normalized spacial score (nSPS) is 22.7. The Bertz CT molecular complexity index is 486. The molecule has 1 aromatic rings. The van der Waals surface area contributed by atoms with Gasteiger partial charge in [-0.15, -0.1) is 0 Å². The van der Waals surface area contributed by atoms with Crippen LogP contribution < -0.4 is 10.2 Å². The molecule has 1 fully saturated rings. The minimum absolute atomic E-state index is 0.0886. The van der Waals surface area contributed by atoms with Gasteiger partial charge in [0, 0.05) is 32.7 Å². The van der Waals surface area contributed by atoms with Crippen molar-refractivity contribution < 1.29 is 9.53 Å². The zero-order chi connectivity index (χ0) is 13.8. The van der Waals surface area contributed by atoms with Crippen LogP contribution in [0.1, 0.15) is 17.8 Å². The molecule has 1 aliphatic heterocycles. The average molecular weight is 286 g/mol. The smallest absolute Gasteiger partial charge is 0.322 e. The molecule has 1 saturated heterocycles. The molecule has 1 aliphatic rings. The first-order valence-electron chi connectivity index (χ1n) is 6.19. The maximum atomic E-state index is 11.9. The number of amides is 2. The van der Waals surface area contributed by atoms with E-state index in [0.29, 0.717) is 32.2 Å². The summed E-state index contributed by atoms with van der Waals surface area (Å²) in [5.41, 5.74) is 0. The predicted molar refractivity (Wildman–Crippen MR) is 71.5 cm³/mol. The predicted octanol–water partition coefficient (Wildman–Crippen LogP) is 0.223. The molecule has 0 bridgehead atoms. The third-order valence-electron chi connectivity index (χ3n) is 3.25. The Labute approximate surface area is 115 Å². The Hall–Kier alpha value is -1.41. The van der Waals surface area contributed by atoms with Gasteiger partial charge in [-0.25, -0.2) is 9.89 Å². The largest absolute Gasteiger partial charge is 0.383 e. The third-order valence-corrected chi connectivity index (χ3v) is 4.13. The number of H-pyrrole nitrogens is 1. The summed E-state index contributed by atoms with van der Waals surface area (Å²) in [5, 5.41) is 10.0. The minimum Gasteiger partial charge on any atom is -0.383 e. The number of aromatic amines is 1. The minimum atomic E-state index is -0.148. The molecule has 8 heteroatoms. The van der Waals surface area contributed by atoms with Gasteiger partial charge in [-0.3, -0.25) is 4.79 Å². The van der Waals surface area contributed by atoms with Crippen molar-refractivity contribution in [1.29, 1.82) is 0 Å². The quantitative estimate of drug-likeness (QED) is 0.775. The lowest BCUT2D eigenvalue weighted by Gasteiger charge is -2.16. The summed E-state index contributed by atoms with van der Waals surface area (Å²) in [6.07, 6.45) is 0. The number of rotatable bonds is 4. The topological polar surface area (TPSA) is 87.3 Å². The van der Waals surface area contributed by atoms with Crippen LogP contribution in [0, 0.1) is 5.92 Å². The molecule has 7 nitrogen and oxygen atoms in total. The highest BCUT2D eigenvalue weighted by atomic mass is 32.1. The van der Waals surface area contributed by atoms with Crippen molar-refractivity contribution in [2.45, 2.75) is 12.8 Å². The Balaban J connectivity index is 1.93. The zero-order valence-electron chi connectivity index (χ0n) is 11.0. The number of hydrogen-bond donors (Lipinski definition) is 2. The molecule has 106 valence electrons. The second-order valence-electron chi connectivity index (χ2n) is 4.66. The lowest BCUT2D eigenvalue weighted by Crippen LogP contribution is -2.39. The van der Waals surface area contributed by atoms with E-state index in [4.69, 9.17) is 4.74 Å². The number of methoxy groups -OCH3 is 1. The van der Waals surface area contributed by atoms with Crippen LogP contribution in [0.4, 0.5) is 4.79 Å². The van der Waals surface area contributed by atoms with Crippen molar-refractivity contribution in [3.63, 3.8) is 0 Å². The summed E-state index contributed by atoms with van der Waals surface area (Å²) in [4.78, 5) is 24.7. The summed E-state index contributed by atoms with van der Waals surface area (Å²) in [6.45, 7) is 4.34. The van der Waals surface area contributed by atoms with Crippen molar-refractivity contribution in [2.24, 2.45) is 5.92 Å². The number of ether oxygens (including phenoxy) is 1. The van der Waals surface area contributed by atoms with E-state index >= 15 is 0 Å². The summed E-state index contributed by atoms with van der Waals surface area (Å²) >= 11 is 1.12. The van der Waals surface area contributed by atoms with E-state index < -0.39 is 0 Å². The van der Waals surface area contributed by atoms with Gasteiger partial charge in [0.15, 0.2) is 0 Å². The van der Waals surface area contributed by atoms with E-state index in [9.17, 15) is 9.59 Å². The Kier molecular flexibility index (Phi) is 4.54. The van der Waals surface area contributed by atoms with Crippen LogP contribution in [0.2, 0.25) is 0 Å². The highest BCUT2D eigenvalue weighted by Crippen LogP contribution is 2.31. The van der Waals surface area contributed by atoms with Crippen LogP contribution >= 0.6 is 11.3 Å². The molecule has 0 radical (unpaired) electrons. The van der Waals surface area contributed by atoms with Gasteiger partial charge in [0.25, 0.3) is 0 Å². The van der Waals surface area contributed by atoms with Gasteiger partial charge in [0.2, 0.25) is 0 Å². The molecule has 1 aromatic heterocycles. The standard InChI is InChI=1S/C11H18N4O3S/c1-7-5-15(10(16)12-3-4-18-2)6-8(7)9-13-14-11(17)19-9/h7-8H,3-6H2,1-2H3,(H,12,16)(H,14,17)/t7-,8+/m1/s1. The summed E-state index contributed by atoms with van der Waals surface area (Å²) in [5.74, 6) is 0.434. The molecule has 19 heavy (non-hydrogen) atoms. The fourth-order valence-electron chi connectivity index (χ4n) is 2.23. The van der Waals surface area contributed by atoms with Crippen molar-refractivity contribution in [3.8, 4) is 0 Å². The average Bonchev–Trinajstić information content (AvgIpc) is 2.95. The molecule has 2 N–H and O–H groups in total. The second kappa shape index (κ2) is 6.16. The molecule has 2 rings (SSSR count). The molecule has 2 heterocycles. The number of nitrogens with zero attached hydrogens (tertiary/aromatic N) is 2. The highest BCUT2D eigenvalue weighted by Gasteiger charge is 2.35. The van der Waals surface area contributed by atoms with Crippen molar-refractivity contribution in [2.75, 3.05) is 33.4 Å². The highest BCUT2D eigenvalue weighted by molar-refractivity contribution is 7.08. The molecule has 0 aromatic carbocycles. The molecule has 0 spiro atoms. The van der Waals surface area contributed by atoms with Gasteiger partial charge >= 0.3 is 10.9 Å². The number of likely N-dealkylation sites (tertiary alicyclic amines) is 1. The number of carbonyl (C=O) groups excluding carboxylic acids is 1. The van der Waals surface area contributed by atoms with Crippen LogP contribution in [0.5, 0.6) is 0 Å². The fourth-order valence-corrected chi connectivity index (χ4v) is 3.06. The maximum absolute atomic E-state index is 11.9. The van der Waals surface area contributed by atoms with Gasteiger partial charge in [-0.05, 0) is 5.92 Å². The molecular formula is C11H18N4O3S. The lowest BCUT2D eigenvalue weighted by atomic mass is 9.99. The maximum Gasteiger partial charge on any atom is 0.322 e. The molecule has 2 amide bonds. The SMILES string of the molecule is COCCNC(=O)N1C[C@@H](C)[C@@H](c2n[nH]c(=O)s2)C1. The van der Waals surface area contributed by atoms with Gasteiger partial charge in [0.05, 0.1) is 6.61 Å². The Morgan fingerprint density at radius 2 is 2.42 bits per heavy atom. The fraction of sp³-hybridized carbons (Fsp3) is 0.727. The van der Waals surface area contributed by atoms with Gasteiger partial charge < -0.3 is 15.0 Å². The third kappa shape index (κ3) is 3.32. The lowest BCUT2D eigenvalue weighted by molar-refractivity contribution is 0.184. The van der Waals surface area contributed by atoms with E-state index in [1.54, 1.807) is 12.0 Å². The van der Waals surface area contributed by atoms with E-state index in [-0.39, 0.29) is 16.8 Å². The summed E-state index contributed by atoms with van der Waals surface area (Å²) in [6, 6.07) is -0.0886. The number of nitrogens with one attached hydrogen (secondary N) is 2. The van der Waals surface area contributed by atoms with Gasteiger partial charge in [-0.1, -0.05) is 18.3 Å². The van der Waals surface area contributed by atoms with E-state index in [1.807, 2.05) is 0 Å². The second-order valence-corrected chi connectivity index (χ2v) is 5.66. The van der Waals surface area contributed by atoms with Crippen LogP contribution in [0.3, 0.4) is 0 Å². The molecular weight excluding hydrogens is 268 g/mol. The van der Waals surface area contributed by atoms with Gasteiger partial charge in [-0.2, -0.15) is 5.10 Å². The molecule has 0 saturated carbocycles. The first-order chi connectivity index (χ1) is 9.11. The first kappa shape index (κ1) is 14.0. The number of aromatic nitrogens is 2. The van der Waals surface area contributed by atoms with Crippen molar-refractivity contribution in [1.82, 2.24) is 20.4 Å². The van der Waals surface area contributed by atoms with Crippen LogP contribution in [-0.4, -0.2) is 54.5 Å². The van der Waals surface area contributed by atoms with Crippen LogP contribution in [-0.2, 0) is 4.74 Å². The van der Waals surface area contributed by atoms with E-state index in [2.05, 4.69) is 22.4 Å². The Morgan fingerprint density at radius 3 is 3.05 bits per heavy atom. The van der Waals surface area contributed by atoms with Crippen molar-refractivity contribution in [3.05, 3.63) is 14.7 Å². The van der Waals surface area contributed by atoms with Gasteiger partial charge in [0.1, 0.15) is 5.01 Å². The molecule has 0 aliphatic carbocycles. The number of hydrogen-bond acceptors (Lipinski definition) is 5. The number of carbonyl (C=O) groups is 1. The van der Waals surface area contributed by atoms with E-state index in [1.165, 1.54) is 0 Å². The monoisotopic (exact) mass is 286 g/mol. The van der Waals surface area contributed by atoms with E-state index in [0.717, 1.165) is 16.3 Å². The summed E-state index contributed by atoms with van der Waals surface area (Å²) in [7, 11) is 1.60. The van der Waals surface area contributed by atoms with Crippen LogP contribution in [0.25, 0.3) is 0 Å². The first-order valence-corrected chi connectivity index (χ1v) is 7.00. The zero-order valence-corrected chi connectivity index (χ0v) is 11.8. The summed E-state index contributed by atoms with van der Waals surface area (Å²) < 4.78 is 4.89. The van der Waals surface area contributed by atoms with Crippen LogP contribution in [0.15, 0.2) is 4.79 Å². The Morgan fingerprint density at radius 1 is 1.63 bits per heavy atom.